The zero-order valence-corrected chi connectivity index (χ0v) is 11.8. The van der Waals surface area contributed by atoms with E-state index in [-0.39, 0.29) is 0 Å². The maximum atomic E-state index is 5.47. The van der Waals surface area contributed by atoms with Crippen LogP contribution < -0.4 is 10.1 Å². The Morgan fingerprint density at radius 1 is 1.44 bits per heavy atom. The molecule has 0 amide bonds. The van der Waals surface area contributed by atoms with Gasteiger partial charge in [0.1, 0.15) is 5.75 Å². The van der Waals surface area contributed by atoms with Crippen LogP contribution in [0.3, 0.4) is 0 Å². The summed E-state index contributed by atoms with van der Waals surface area (Å²) in [6.45, 7) is 3.74. The maximum Gasteiger partial charge on any atom is 0.169 e. The summed E-state index contributed by atoms with van der Waals surface area (Å²) in [5.41, 5.74) is 1.31. The summed E-state index contributed by atoms with van der Waals surface area (Å²) < 4.78 is 5.47. The Kier molecular flexibility index (Phi) is 4.42. The number of hydrogen-bond donors (Lipinski definition) is 1. The van der Waals surface area contributed by atoms with Crippen molar-refractivity contribution in [1.29, 1.82) is 0 Å². The number of hydrogen-bond acceptors (Lipinski definition) is 2. The Bertz CT molecular complexity index is 405. The van der Waals surface area contributed by atoms with Crippen LogP contribution in [0.25, 0.3) is 0 Å². The number of nitrogens with one attached hydrogen (secondary N) is 1. The fourth-order valence-electron chi connectivity index (χ4n) is 2.45. The molecule has 1 fully saturated rings. The van der Waals surface area contributed by atoms with E-state index in [1.54, 1.807) is 0 Å². The van der Waals surface area contributed by atoms with E-state index in [2.05, 4.69) is 22.3 Å². The fourth-order valence-corrected chi connectivity index (χ4v) is 2.67. The van der Waals surface area contributed by atoms with Gasteiger partial charge < -0.3 is 15.0 Å². The number of thiocarbonyl (C=S) groups is 1. The third kappa shape index (κ3) is 2.75. The van der Waals surface area contributed by atoms with E-state index in [0.29, 0.717) is 12.6 Å². The molecule has 1 saturated heterocycles. The second-order valence-corrected chi connectivity index (χ2v) is 4.80. The van der Waals surface area contributed by atoms with Gasteiger partial charge in [-0.15, -0.1) is 0 Å². The van der Waals surface area contributed by atoms with Crippen LogP contribution in [-0.4, -0.2) is 30.2 Å². The lowest BCUT2D eigenvalue weighted by Crippen LogP contribution is -2.37. The van der Waals surface area contributed by atoms with Crippen LogP contribution in [0.1, 0.15) is 31.4 Å². The van der Waals surface area contributed by atoms with Crippen molar-refractivity contribution < 1.29 is 4.74 Å². The van der Waals surface area contributed by atoms with Gasteiger partial charge in [0.15, 0.2) is 5.11 Å². The molecular weight excluding hydrogens is 244 g/mol. The molecule has 0 saturated carbocycles. The van der Waals surface area contributed by atoms with E-state index >= 15 is 0 Å². The zero-order chi connectivity index (χ0) is 13.0. The Labute approximate surface area is 114 Å². The minimum Gasteiger partial charge on any atom is -0.494 e. The molecule has 4 heteroatoms. The molecule has 0 aliphatic carbocycles. The molecule has 1 aliphatic rings. The number of benzene rings is 1. The lowest BCUT2D eigenvalue weighted by atomic mass is 10.0. The van der Waals surface area contributed by atoms with Crippen molar-refractivity contribution in [2.75, 3.05) is 20.2 Å². The van der Waals surface area contributed by atoms with E-state index in [0.717, 1.165) is 23.8 Å². The van der Waals surface area contributed by atoms with Crippen LogP contribution in [0.5, 0.6) is 5.75 Å². The smallest absolute Gasteiger partial charge is 0.169 e. The van der Waals surface area contributed by atoms with E-state index in [9.17, 15) is 0 Å². The van der Waals surface area contributed by atoms with Crippen molar-refractivity contribution in [2.45, 2.75) is 25.8 Å². The molecule has 0 aromatic heterocycles. The van der Waals surface area contributed by atoms with E-state index in [1.165, 1.54) is 12.0 Å². The highest BCUT2D eigenvalue weighted by Crippen LogP contribution is 2.32. The Morgan fingerprint density at radius 2 is 2.17 bits per heavy atom. The number of ether oxygens (including phenoxy) is 1. The van der Waals surface area contributed by atoms with E-state index in [1.807, 2.05) is 26.1 Å². The normalized spacial score (nSPS) is 18.8. The monoisotopic (exact) mass is 264 g/mol. The summed E-state index contributed by atoms with van der Waals surface area (Å²) in [7, 11) is 1.88. The maximum absolute atomic E-state index is 5.47. The quantitative estimate of drug-likeness (QED) is 0.848. The predicted octanol–water partition coefficient (Wildman–Crippen LogP) is 2.73. The largest absolute Gasteiger partial charge is 0.494 e. The molecule has 1 aromatic rings. The van der Waals surface area contributed by atoms with Gasteiger partial charge in [-0.05, 0) is 49.7 Å². The summed E-state index contributed by atoms with van der Waals surface area (Å²) in [6, 6.07) is 8.77. The summed E-state index contributed by atoms with van der Waals surface area (Å²) in [4.78, 5) is 2.27. The lowest BCUT2D eigenvalue weighted by molar-refractivity contribution is 0.339. The first-order valence-electron chi connectivity index (χ1n) is 6.47. The van der Waals surface area contributed by atoms with Crippen LogP contribution >= 0.6 is 12.2 Å². The van der Waals surface area contributed by atoms with Crippen molar-refractivity contribution in [3.8, 4) is 5.75 Å². The van der Waals surface area contributed by atoms with Gasteiger partial charge in [0.05, 0.1) is 12.6 Å². The number of nitrogens with zero attached hydrogens (tertiary/aromatic N) is 1. The van der Waals surface area contributed by atoms with Crippen LogP contribution in [0.2, 0.25) is 0 Å². The second-order valence-electron chi connectivity index (χ2n) is 4.41. The van der Waals surface area contributed by atoms with Crippen molar-refractivity contribution >= 4 is 17.3 Å². The Balaban J connectivity index is 2.12. The molecule has 0 bridgehead atoms. The summed E-state index contributed by atoms with van der Waals surface area (Å²) in [6.07, 6.45) is 2.36. The number of likely N-dealkylation sites (tertiary alicyclic amines) is 1. The molecular formula is C14H20N2OS. The highest BCUT2D eigenvalue weighted by Gasteiger charge is 2.27. The predicted molar refractivity (Wildman–Crippen MR) is 77.9 cm³/mol. The zero-order valence-electron chi connectivity index (χ0n) is 11.0. The highest BCUT2D eigenvalue weighted by atomic mass is 32.1. The molecule has 1 heterocycles. The summed E-state index contributed by atoms with van der Waals surface area (Å²) in [5, 5.41) is 3.91. The SMILES string of the molecule is CCOc1ccc([C@@H]2CCCN2C(=S)NC)cc1. The summed E-state index contributed by atoms with van der Waals surface area (Å²) in [5.74, 6) is 0.932. The topological polar surface area (TPSA) is 24.5 Å². The molecule has 2 rings (SSSR count). The molecule has 3 nitrogen and oxygen atoms in total. The highest BCUT2D eigenvalue weighted by molar-refractivity contribution is 7.80. The third-order valence-corrected chi connectivity index (χ3v) is 3.74. The second kappa shape index (κ2) is 6.05. The Hall–Kier alpha value is -1.29. The molecule has 0 spiro atoms. The first-order valence-corrected chi connectivity index (χ1v) is 6.88. The van der Waals surface area contributed by atoms with Crippen LogP contribution in [-0.2, 0) is 0 Å². The molecule has 1 aromatic carbocycles. The minimum atomic E-state index is 0.403. The molecule has 98 valence electrons. The summed E-state index contributed by atoms with van der Waals surface area (Å²) >= 11 is 5.35. The molecule has 1 aliphatic heterocycles. The minimum absolute atomic E-state index is 0.403. The standard InChI is InChI=1S/C14H20N2OS/c1-3-17-12-8-6-11(7-9-12)13-5-4-10-16(13)14(18)15-2/h6-9,13H,3-5,10H2,1-2H3,(H,15,18)/t13-/m0/s1. The van der Waals surface area contributed by atoms with Gasteiger partial charge in [0, 0.05) is 13.6 Å². The first-order chi connectivity index (χ1) is 8.76. The number of rotatable bonds is 3. The van der Waals surface area contributed by atoms with Gasteiger partial charge in [-0.3, -0.25) is 0 Å². The van der Waals surface area contributed by atoms with E-state index in [4.69, 9.17) is 17.0 Å². The average molecular weight is 264 g/mol. The fraction of sp³-hybridized carbons (Fsp3) is 0.500. The third-order valence-electron chi connectivity index (χ3n) is 3.30. The van der Waals surface area contributed by atoms with Gasteiger partial charge in [0.2, 0.25) is 0 Å². The van der Waals surface area contributed by atoms with Gasteiger partial charge in [-0.2, -0.15) is 0 Å². The molecule has 18 heavy (non-hydrogen) atoms. The van der Waals surface area contributed by atoms with Gasteiger partial charge >= 0.3 is 0 Å². The van der Waals surface area contributed by atoms with Crippen LogP contribution in [0.4, 0.5) is 0 Å². The van der Waals surface area contributed by atoms with Crippen molar-refractivity contribution in [1.82, 2.24) is 10.2 Å². The molecule has 0 radical (unpaired) electrons. The first kappa shape index (κ1) is 13.1. The van der Waals surface area contributed by atoms with Gasteiger partial charge in [-0.1, -0.05) is 12.1 Å². The van der Waals surface area contributed by atoms with Crippen molar-refractivity contribution in [3.05, 3.63) is 29.8 Å². The van der Waals surface area contributed by atoms with Crippen LogP contribution in [0.15, 0.2) is 24.3 Å². The van der Waals surface area contributed by atoms with Gasteiger partial charge in [0.25, 0.3) is 0 Å². The van der Waals surface area contributed by atoms with Crippen LogP contribution in [0, 0.1) is 0 Å². The average Bonchev–Trinajstić information content (AvgIpc) is 2.88. The molecule has 0 unspecified atom stereocenters. The Morgan fingerprint density at radius 3 is 2.78 bits per heavy atom. The lowest BCUT2D eigenvalue weighted by Gasteiger charge is -2.27. The van der Waals surface area contributed by atoms with Crippen molar-refractivity contribution in [2.24, 2.45) is 0 Å². The van der Waals surface area contributed by atoms with Crippen molar-refractivity contribution in [3.63, 3.8) is 0 Å². The molecule has 1 N–H and O–H groups in total. The van der Waals surface area contributed by atoms with Gasteiger partial charge in [-0.25, -0.2) is 0 Å². The van der Waals surface area contributed by atoms with E-state index < -0.39 is 0 Å². The molecule has 1 atom stereocenters.